The lowest BCUT2D eigenvalue weighted by Crippen LogP contribution is -2.52. The molecule has 2 aliphatic heterocycles. The maximum absolute atomic E-state index is 5.27. The standard InChI is InChI=1S/C11H23N3O/c1-5-6-13(9-7-15-8-9)10-12-14(10)11(2,3)4/h9-10,12H,5-8H2,1-4H3. The molecule has 2 rings (SSSR count). The van der Waals surface area contributed by atoms with Crippen LogP contribution in [-0.2, 0) is 4.74 Å². The van der Waals surface area contributed by atoms with Crippen LogP contribution < -0.4 is 5.43 Å². The zero-order chi connectivity index (χ0) is 11.1. The lowest BCUT2D eigenvalue weighted by Gasteiger charge is -2.37. The van der Waals surface area contributed by atoms with Gasteiger partial charge >= 0.3 is 0 Å². The topological polar surface area (TPSA) is 37.4 Å². The summed E-state index contributed by atoms with van der Waals surface area (Å²) in [4.78, 5) is 2.52. The van der Waals surface area contributed by atoms with Crippen LogP contribution in [0.5, 0.6) is 0 Å². The van der Waals surface area contributed by atoms with Gasteiger partial charge in [-0.05, 0) is 27.2 Å². The van der Waals surface area contributed by atoms with Gasteiger partial charge in [0.05, 0.1) is 19.3 Å². The lowest BCUT2D eigenvalue weighted by atomic mass is 10.1. The summed E-state index contributed by atoms with van der Waals surface area (Å²) < 4.78 is 5.27. The Hall–Kier alpha value is -0.160. The van der Waals surface area contributed by atoms with Gasteiger partial charge in [-0.1, -0.05) is 6.92 Å². The zero-order valence-electron chi connectivity index (χ0n) is 10.3. The second kappa shape index (κ2) is 4.01. The van der Waals surface area contributed by atoms with Crippen LogP contribution in [-0.4, -0.2) is 47.5 Å². The first-order valence-corrected chi connectivity index (χ1v) is 5.93. The van der Waals surface area contributed by atoms with Crippen LogP contribution in [0.15, 0.2) is 0 Å². The first kappa shape index (κ1) is 11.3. The van der Waals surface area contributed by atoms with Gasteiger partial charge in [0.15, 0.2) is 0 Å². The monoisotopic (exact) mass is 213 g/mol. The third-order valence-electron chi connectivity index (χ3n) is 3.04. The smallest absolute Gasteiger partial charge is 0.143 e. The fraction of sp³-hybridized carbons (Fsp3) is 1.00. The Bertz CT molecular complexity index is 222. The molecule has 2 aliphatic rings. The number of hydrazine groups is 1. The van der Waals surface area contributed by atoms with E-state index < -0.39 is 0 Å². The van der Waals surface area contributed by atoms with Gasteiger partial charge in [0, 0.05) is 12.1 Å². The quantitative estimate of drug-likeness (QED) is 0.707. The average Bonchev–Trinajstić information content (AvgIpc) is 2.76. The van der Waals surface area contributed by atoms with E-state index >= 15 is 0 Å². The van der Waals surface area contributed by atoms with E-state index in [-0.39, 0.29) is 5.54 Å². The molecule has 0 radical (unpaired) electrons. The highest BCUT2D eigenvalue weighted by Gasteiger charge is 2.48. The molecule has 0 aromatic rings. The number of hydrogen-bond donors (Lipinski definition) is 1. The molecule has 0 spiro atoms. The van der Waals surface area contributed by atoms with Crippen LogP contribution >= 0.6 is 0 Å². The molecule has 4 nitrogen and oxygen atoms in total. The SMILES string of the molecule is CCCN(C1COC1)C1NN1C(C)(C)C. The van der Waals surface area contributed by atoms with Gasteiger partial charge in [-0.2, -0.15) is 0 Å². The third-order valence-corrected chi connectivity index (χ3v) is 3.04. The second-order valence-corrected chi connectivity index (χ2v) is 5.47. The minimum atomic E-state index is 0.210. The molecular formula is C11H23N3O. The molecule has 0 saturated carbocycles. The van der Waals surface area contributed by atoms with Crippen molar-refractivity contribution in [1.82, 2.24) is 15.3 Å². The molecule has 2 saturated heterocycles. The largest absolute Gasteiger partial charge is 0.378 e. The summed E-state index contributed by atoms with van der Waals surface area (Å²) in [7, 11) is 0. The van der Waals surface area contributed by atoms with Crippen LogP contribution in [0.25, 0.3) is 0 Å². The van der Waals surface area contributed by atoms with Crippen molar-refractivity contribution >= 4 is 0 Å². The van der Waals surface area contributed by atoms with E-state index in [0.29, 0.717) is 12.3 Å². The van der Waals surface area contributed by atoms with Gasteiger partial charge in [0.25, 0.3) is 0 Å². The maximum atomic E-state index is 5.27. The minimum Gasteiger partial charge on any atom is -0.378 e. The first-order valence-electron chi connectivity index (χ1n) is 5.93. The predicted octanol–water partition coefficient (Wildman–Crippen LogP) is 0.999. The molecule has 2 heterocycles. The van der Waals surface area contributed by atoms with E-state index in [1.807, 2.05) is 0 Å². The van der Waals surface area contributed by atoms with Crippen LogP contribution in [0.2, 0.25) is 0 Å². The molecular weight excluding hydrogens is 190 g/mol. The van der Waals surface area contributed by atoms with Gasteiger partial charge in [-0.15, -0.1) is 0 Å². The van der Waals surface area contributed by atoms with Crippen LogP contribution in [0, 0.1) is 0 Å². The fourth-order valence-corrected chi connectivity index (χ4v) is 2.05. The Labute approximate surface area is 92.5 Å². The summed E-state index contributed by atoms with van der Waals surface area (Å²) in [6.07, 6.45) is 1.63. The molecule has 0 bridgehead atoms. The van der Waals surface area contributed by atoms with Crippen LogP contribution in [0.3, 0.4) is 0 Å². The van der Waals surface area contributed by atoms with E-state index in [2.05, 4.69) is 43.0 Å². The number of nitrogens with zero attached hydrogens (tertiary/aromatic N) is 2. The highest BCUT2D eigenvalue weighted by molar-refractivity contribution is 4.92. The summed E-state index contributed by atoms with van der Waals surface area (Å²) in [6, 6.07) is 0.620. The molecule has 2 atom stereocenters. The van der Waals surface area contributed by atoms with Crippen molar-refractivity contribution in [2.45, 2.75) is 52.0 Å². The van der Waals surface area contributed by atoms with Gasteiger partial charge in [-0.3, -0.25) is 4.90 Å². The fourth-order valence-electron chi connectivity index (χ4n) is 2.05. The molecule has 0 aromatic heterocycles. The number of rotatable bonds is 4. The van der Waals surface area contributed by atoms with Gasteiger partial charge < -0.3 is 4.74 Å². The van der Waals surface area contributed by atoms with Gasteiger partial charge in [0.1, 0.15) is 6.29 Å². The molecule has 2 unspecified atom stereocenters. The zero-order valence-corrected chi connectivity index (χ0v) is 10.3. The van der Waals surface area contributed by atoms with Gasteiger partial charge in [0.2, 0.25) is 0 Å². The Morgan fingerprint density at radius 2 is 2.07 bits per heavy atom. The van der Waals surface area contributed by atoms with Crippen molar-refractivity contribution in [3.63, 3.8) is 0 Å². The van der Waals surface area contributed by atoms with E-state index in [1.54, 1.807) is 0 Å². The Kier molecular flexibility index (Phi) is 3.03. The van der Waals surface area contributed by atoms with Crippen molar-refractivity contribution in [3.8, 4) is 0 Å². The first-order chi connectivity index (χ1) is 7.04. The summed E-state index contributed by atoms with van der Waals surface area (Å²) in [5, 5.41) is 2.32. The molecule has 4 heteroatoms. The Balaban J connectivity index is 1.90. The molecule has 0 aromatic carbocycles. The average molecular weight is 213 g/mol. The van der Waals surface area contributed by atoms with E-state index in [9.17, 15) is 0 Å². The number of nitrogens with one attached hydrogen (secondary N) is 1. The number of ether oxygens (including phenoxy) is 1. The Morgan fingerprint density at radius 1 is 1.40 bits per heavy atom. The summed E-state index contributed by atoms with van der Waals surface area (Å²) in [5.74, 6) is 0. The number of hydrogen-bond acceptors (Lipinski definition) is 4. The Morgan fingerprint density at radius 3 is 2.40 bits per heavy atom. The molecule has 15 heavy (non-hydrogen) atoms. The molecule has 0 aliphatic carbocycles. The summed E-state index contributed by atoms with van der Waals surface area (Å²) in [5.41, 5.74) is 3.66. The van der Waals surface area contributed by atoms with Crippen molar-refractivity contribution in [3.05, 3.63) is 0 Å². The van der Waals surface area contributed by atoms with Crippen molar-refractivity contribution in [1.29, 1.82) is 0 Å². The third kappa shape index (κ3) is 2.33. The predicted molar refractivity (Wildman–Crippen MR) is 60.1 cm³/mol. The molecule has 1 N–H and O–H groups in total. The van der Waals surface area contributed by atoms with Gasteiger partial charge in [-0.25, -0.2) is 10.4 Å². The lowest BCUT2D eigenvalue weighted by molar-refractivity contribution is -0.0758. The van der Waals surface area contributed by atoms with Crippen molar-refractivity contribution in [2.24, 2.45) is 0 Å². The summed E-state index contributed by atoms with van der Waals surface area (Å²) >= 11 is 0. The van der Waals surface area contributed by atoms with Crippen molar-refractivity contribution in [2.75, 3.05) is 19.8 Å². The molecule has 2 fully saturated rings. The van der Waals surface area contributed by atoms with E-state index in [4.69, 9.17) is 4.74 Å². The molecule has 88 valence electrons. The highest BCUT2D eigenvalue weighted by Crippen LogP contribution is 2.28. The van der Waals surface area contributed by atoms with E-state index in [0.717, 1.165) is 19.8 Å². The second-order valence-electron chi connectivity index (χ2n) is 5.47. The van der Waals surface area contributed by atoms with Crippen LogP contribution in [0.1, 0.15) is 34.1 Å². The minimum absolute atomic E-state index is 0.210. The van der Waals surface area contributed by atoms with Crippen molar-refractivity contribution < 1.29 is 4.74 Å². The normalized spacial score (nSPS) is 31.8. The van der Waals surface area contributed by atoms with Crippen LogP contribution in [0.4, 0.5) is 0 Å². The molecule has 0 amide bonds. The van der Waals surface area contributed by atoms with E-state index in [1.165, 1.54) is 6.42 Å². The summed E-state index contributed by atoms with van der Waals surface area (Å²) in [6.45, 7) is 11.9. The maximum Gasteiger partial charge on any atom is 0.143 e. The highest BCUT2D eigenvalue weighted by atomic mass is 16.5.